The zero-order valence-corrected chi connectivity index (χ0v) is 11.7. The summed E-state index contributed by atoms with van der Waals surface area (Å²) in [4.78, 5) is 0. The summed E-state index contributed by atoms with van der Waals surface area (Å²) in [6.45, 7) is 5.82. The minimum atomic E-state index is -0.455. The summed E-state index contributed by atoms with van der Waals surface area (Å²) in [5.74, 6) is 0.691. The maximum absolute atomic E-state index is 5.74. The zero-order chi connectivity index (χ0) is 12.3. The second kappa shape index (κ2) is 5.38. The second-order valence-corrected chi connectivity index (χ2v) is 5.48. The van der Waals surface area contributed by atoms with Crippen molar-refractivity contribution in [1.29, 1.82) is 0 Å². The predicted molar refractivity (Wildman–Crippen MR) is 69.1 cm³/mol. The lowest BCUT2D eigenvalue weighted by Gasteiger charge is -2.34. The monoisotopic (exact) mass is 300 g/mol. The molecule has 1 aliphatic rings. The highest BCUT2D eigenvalue weighted by Crippen LogP contribution is 2.26. The lowest BCUT2D eigenvalue weighted by Crippen LogP contribution is -2.41. The van der Waals surface area contributed by atoms with E-state index in [0.29, 0.717) is 19.8 Å². The molecule has 94 valence electrons. The first-order valence-electron chi connectivity index (χ1n) is 5.72. The molecule has 0 unspecified atom stereocenters. The Morgan fingerprint density at radius 2 is 1.94 bits per heavy atom. The number of rotatable bonds is 3. The van der Waals surface area contributed by atoms with Gasteiger partial charge in [0.05, 0.1) is 24.3 Å². The van der Waals surface area contributed by atoms with Gasteiger partial charge in [0.15, 0.2) is 5.79 Å². The molecule has 1 aromatic carbocycles. The Labute approximate surface area is 110 Å². The Morgan fingerprint density at radius 3 is 2.59 bits per heavy atom. The highest BCUT2D eigenvalue weighted by atomic mass is 79.9. The number of benzene rings is 1. The van der Waals surface area contributed by atoms with Gasteiger partial charge in [-0.05, 0) is 41.9 Å². The lowest BCUT2D eigenvalue weighted by molar-refractivity contribution is -0.264. The minimum absolute atomic E-state index is 0.287. The third-order valence-corrected chi connectivity index (χ3v) is 3.30. The van der Waals surface area contributed by atoms with E-state index in [1.807, 2.05) is 38.1 Å². The van der Waals surface area contributed by atoms with E-state index in [2.05, 4.69) is 15.9 Å². The molecule has 0 bridgehead atoms. The third kappa shape index (κ3) is 3.69. The molecule has 0 radical (unpaired) electrons. The van der Waals surface area contributed by atoms with Crippen LogP contribution in [0.4, 0.5) is 0 Å². The van der Waals surface area contributed by atoms with Crippen LogP contribution in [0.25, 0.3) is 0 Å². The van der Waals surface area contributed by atoms with Crippen LogP contribution in [0.15, 0.2) is 28.7 Å². The van der Waals surface area contributed by atoms with Crippen molar-refractivity contribution in [2.45, 2.75) is 19.6 Å². The average Bonchev–Trinajstić information content (AvgIpc) is 2.30. The molecule has 3 nitrogen and oxygen atoms in total. The number of hydrogen-bond donors (Lipinski definition) is 0. The SMILES string of the molecule is CC1(C)OCC(COc2ccccc2Br)CO1. The Bertz CT molecular complexity index is 369. The molecule has 17 heavy (non-hydrogen) atoms. The van der Waals surface area contributed by atoms with E-state index in [9.17, 15) is 0 Å². The first-order chi connectivity index (χ1) is 8.07. The highest BCUT2D eigenvalue weighted by molar-refractivity contribution is 9.10. The summed E-state index contributed by atoms with van der Waals surface area (Å²) in [6, 6.07) is 7.83. The zero-order valence-electron chi connectivity index (χ0n) is 10.1. The van der Waals surface area contributed by atoms with E-state index in [1.165, 1.54) is 0 Å². The quantitative estimate of drug-likeness (QED) is 0.858. The fourth-order valence-electron chi connectivity index (χ4n) is 1.59. The van der Waals surface area contributed by atoms with Crippen molar-refractivity contribution in [1.82, 2.24) is 0 Å². The molecule has 1 aromatic rings. The molecule has 0 amide bonds. The van der Waals surface area contributed by atoms with E-state index in [-0.39, 0.29) is 5.92 Å². The van der Waals surface area contributed by atoms with Crippen molar-refractivity contribution < 1.29 is 14.2 Å². The molecule has 0 atom stereocenters. The molecule has 0 N–H and O–H groups in total. The first kappa shape index (κ1) is 12.9. The molecule has 0 spiro atoms. The summed E-state index contributed by atoms with van der Waals surface area (Å²) < 4.78 is 17.9. The number of halogens is 1. The Balaban J connectivity index is 1.82. The average molecular weight is 301 g/mol. The van der Waals surface area contributed by atoms with Crippen molar-refractivity contribution in [3.63, 3.8) is 0 Å². The molecule has 4 heteroatoms. The smallest absolute Gasteiger partial charge is 0.162 e. The van der Waals surface area contributed by atoms with Crippen molar-refractivity contribution in [3.8, 4) is 5.75 Å². The van der Waals surface area contributed by atoms with Crippen LogP contribution in [0.1, 0.15) is 13.8 Å². The molecule has 0 saturated carbocycles. The van der Waals surface area contributed by atoms with E-state index in [0.717, 1.165) is 10.2 Å². The standard InChI is InChI=1S/C13H17BrO3/c1-13(2)16-8-10(9-17-13)7-15-12-6-4-3-5-11(12)14/h3-6,10H,7-9H2,1-2H3. The number of para-hydroxylation sites is 1. The fraction of sp³-hybridized carbons (Fsp3) is 0.538. The van der Waals surface area contributed by atoms with Gasteiger partial charge in [0.1, 0.15) is 5.75 Å². The highest BCUT2D eigenvalue weighted by Gasteiger charge is 2.28. The van der Waals surface area contributed by atoms with Gasteiger partial charge in [0, 0.05) is 5.92 Å². The van der Waals surface area contributed by atoms with Gasteiger partial charge in [-0.2, -0.15) is 0 Å². The normalized spacial score (nSPS) is 20.2. The second-order valence-electron chi connectivity index (χ2n) is 4.63. The molecule has 0 aliphatic carbocycles. The molecular weight excluding hydrogens is 284 g/mol. The van der Waals surface area contributed by atoms with Gasteiger partial charge in [-0.1, -0.05) is 12.1 Å². The van der Waals surface area contributed by atoms with E-state index < -0.39 is 5.79 Å². The largest absolute Gasteiger partial charge is 0.492 e. The van der Waals surface area contributed by atoms with E-state index in [1.54, 1.807) is 0 Å². The van der Waals surface area contributed by atoms with Gasteiger partial charge in [-0.15, -0.1) is 0 Å². The Morgan fingerprint density at radius 1 is 1.29 bits per heavy atom. The Hall–Kier alpha value is -0.580. The van der Waals surface area contributed by atoms with Gasteiger partial charge in [-0.25, -0.2) is 0 Å². The van der Waals surface area contributed by atoms with Crippen LogP contribution in [0.5, 0.6) is 5.75 Å². The van der Waals surface area contributed by atoms with Crippen molar-refractivity contribution in [2.75, 3.05) is 19.8 Å². The van der Waals surface area contributed by atoms with Crippen LogP contribution in [-0.4, -0.2) is 25.6 Å². The molecule has 1 saturated heterocycles. The molecule has 2 rings (SSSR count). The third-order valence-electron chi connectivity index (χ3n) is 2.64. The van der Waals surface area contributed by atoms with E-state index in [4.69, 9.17) is 14.2 Å². The fourth-order valence-corrected chi connectivity index (χ4v) is 1.99. The van der Waals surface area contributed by atoms with Crippen LogP contribution < -0.4 is 4.74 Å². The van der Waals surface area contributed by atoms with Crippen molar-refractivity contribution in [3.05, 3.63) is 28.7 Å². The molecule has 1 fully saturated rings. The van der Waals surface area contributed by atoms with Crippen molar-refractivity contribution in [2.24, 2.45) is 5.92 Å². The maximum atomic E-state index is 5.74. The minimum Gasteiger partial charge on any atom is -0.492 e. The predicted octanol–water partition coefficient (Wildman–Crippen LogP) is 3.23. The van der Waals surface area contributed by atoms with Gasteiger partial charge in [-0.3, -0.25) is 0 Å². The molecule has 1 heterocycles. The topological polar surface area (TPSA) is 27.7 Å². The van der Waals surface area contributed by atoms with Gasteiger partial charge >= 0.3 is 0 Å². The van der Waals surface area contributed by atoms with Gasteiger partial charge in [0.25, 0.3) is 0 Å². The van der Waals surface area contributed by atoms with Crippen molar-refractivity contribution >= 4 is 15.9 Å². The van der Waals surface area contributed by atoms with Crippen LogP contribution in [-0.2, 0) is 9.47 Å². The number of ether oxygens (including phenoxy) is 3. The van der Waals surface area contributed by atoms with Crippen LogP contribution in [0.3, 0.4) is 0 Å². The lowest BCUT2D eigenvalue weighted by atomic mass is 10.1. The molecule has 0 aromatic heterocycles. The molecular formula is C13H17BrO3. The summed E-state index contributed by atoms with van der Waals surface area (Å²) >= 11 is 3.45. The van der Waals surface area contributed by atoms with Gasteiger partial charge in [0.2, 0.25) is 0 Å². The number of hydrogen-bond acceptors (Lipinski definition) is 3. The summed E-state index contributed by atoms with van der Waals surface area (Å²) in [5, 5.41) is 0. The summed E-state index contributed by atoms with van der Waals surface area (Å²) in [6.07, 6.45) is 0. The van der Waals surface area contributed by atoms with Gasteiger partial charge < -0.3 is 14.2 Å². The Kier molecular flexibility index (Phi) is 4.07. The first-order valence-corrected chi connectivity index (χ1v) is 6.51. The summed E-state index contributed by atoms with van der Waals surface area (Å²) in [7, 11) is 0. The molecule has 1 aliphatic heterocycles. The summed E-state index contributed by atoms with van der Waals surface area (Å²) in [5.41, 5.74) is 0. The van der Waals surface area contributed by atoms with E-state index >= 15 is 0 Å². The van der Waals surface area contributed by atoms with Crippen LogP contribution in [0, 0.1) is 5.92 Å². The van der Waals surface area contributed by atoms with Crippen LogP contribution in [0.2, 0.25) is 0 Å². The van der Waals surface area contributed by atoms with Crippen LogP contribution >= 0.6 is 15.9 Å². The maximum Gasteiger partial charge on any atom is 0.162 e.